The zero-order chi connectivity index (χ0) is 9.47. The summed E-state index contributed by atoms with van der Waals surface area (Å²) in [6.07, 6.45) is 3.59. The molecule has 1 aliphatic rings. The Morgan fingerprint density at radius 1 is 1.69 bits per heavy atom. The van der Waals surface area contributed by atoms with Gasteiger partial charge in [0.2, 0.25) is 0 Å². The second-order valence-corrected chi connectivity index (χ2v) is 3.51. The van der Waals surface area contributed by atoms with Crippen LogP contribution in [0.2, 0.25) is 0 Å². The number of oxazole rings is 1. The van der Waals surface area contributed by atoms with Crippen molar-refractivity contribution in [3.05, 3.63) is 17.8 Å². The van der Waals surface area contributed by atoms with E-state index in [-0.39, 0.29) is 0 Å². The fourth-order valence-electron chi connectivity index (χ4n) is 1.83. The largest absolute Gasteiger partial charge is 0.480 e. The zero-order valence-corrected chi connectivity index (χ0v) is 7.41. The van der Waals surface area contributed by atoms with E-state index in [1.165, 1.54) is 6.39 Å². The molecule has 1 aromatic heterocycles. The molecule has 4 heteroatoms. The second-order valence-electron chi connectivity index (χ2n) is 3.51. The third-order valence-electron chi connectivity index (χ3n) is 2.80. The first-order chi connectivity index (χ1) is 6.17. The van der Waals surface area contributed by atoms with Crippen LogP contribution in [-0.4, -0.2) is 16.1 Å². The van der Waals surface area contributed by atoms with E-state index in [0.29, 0.717) is 24.3 Å². The molecular formula is C9H11NO3. The SMILES string of the molecule is Cc1ncoc1C1(C(=O)O)CCC1. The highest BCUT2D eigenvalue weighted by Gasteiger charge is 2.49. The molecule has 70 valence electrons. The van der Waals surface area contributed by atoms with E-state index in [0.717, 1.165) is 6.42 Å². The minimum Gasteiger partial charge on any atom is -0.480 e. The van der Waals surface area contributed by atoms with Crippen molar-refractivity contribution in [2.24, 2.45) is 0 Å². The van der Waals surface area contributed by atoms with Gasteiger partial charge in [0, 0.05) is 0 Å². The maximum Gasteiger partial charge on any atom is 0.317 e. The van der Waals surface area contributed by atoms with Crippen LogP contribution < -0.4 is 0 Å². The Morgan fingerprint density at radius 3 is 2.69 bits per heavy atom. The highest BCUT2D eigenvalue weighted by Crippen LogP contribution is 2.44. The van der Waals surface area contributed by atoms with Crippen molar-refractivity contribution in [3.63, 3.8) is 0 Å². The van der Waals surface area contributed by atoms with Gasteiger partial charge in [0.15, 0.2) is 6.39 Å². The molecule has 0 saturated heterocycles. The number of rotatable bonds is 2. The van der Waals surface area contributed by atoms with Gasteiger partial charge in [-0.25, -0.2) is 4.98 Å². The quantitative estimate of drug-likeness (QED) is 0.750. The average molecular weight is 181 g/mol. The summed E-state index contributed by atoms with van der Waals surface area (Å²) in [5.74, 6) is -0.259. The summed E-state index contributed by atoms with van der Waals surface area (Å²) in [5.41, 5.74) is -0.0808. The van der Waals surface area contributed by atoms with E-state index >= 15 is 0 Å². The third-order valence-corrected chi connectivity index (χ3v) is 2.80. The Hall–Kier alpha value is -1.32. The fourth-order valence-corrected chi connectivity index (χ4v) is 1.83. The number of carboxylic acids is 1. The van der Waals surface area contributed by atoms with Crippen LogP contribution in [0.1, 0.15) is 30.7 Å². The number of carboxylic acid groups (broad SMARTS) is 1. The monoisotopic (exact) mass is 181 g/mol. The van der Waals surface area contributed by atoms with Gasteiger partial charge in [0.05, 0.1) is 5.69 Å². The van der Waals surface area contributed by atoms with Gasteiger partial charge in [0.25, 0.3) is 0 Å². The Bertz CT molecular complexity index is 338. The van der Waals surface area contributed by atoms with E-state index in [1.54, 1.807) is 6.92 Å². The lowest BCUT2D eigenvalue weighted by molar-refractivity contribution is -0.148. The summed E-state index contributed by atoms with van der Waals surface area (Å²) in [6, 6.07) is 0. The molecule has 0 aromatic carbocycles. The highest BCUT2D eigenvalue weighted by atomic mass is 16.4. The predicted octanol–water partition coefficient (Wildman–Crippen LogP) is 1.49. The first-order valence-corrected chi connectivity index (χ1v) is 4.31. The number of aliphatic carboxylic acids is 1. The van der Waals surface area contributed by atoms with E-state index < -0.39 is 11.4 Å². The molecule has 0 atom stereocenters. The molecule has 0 unspecified atom stereocenters. The summed E-state index contributed by atoms with van der Waals surface area (Å²) in [7, 11) is 0. The molecule has 2 rings (SSSR count). The van der Waals surface area contributed by atoms with E-state index in [4.69, 9.17) is 9.52 Å². The van der Waals surface area contributed by atoms with Crippen molar-refractivity contribution in [2.75, 3.05) is 0 Å². The number of aryl methyl sites for hydroxylation is 1. The predicted molar refractivity (Wildman–Crippen MR) is 44.4 cm³/mol. The molecule has 0 amide bonds. The highest BCUT2D eigenvalue weighted by molar-refractivity contribution is 5.81. The molecule has 1 N–H and O–H groups in total. The molecule has 0 spiro atoms. The first-order valence-electron chi connectivity index (χ1n) is 4.31. The Kier molecular flexibility index (Phi) is 1.65. The topological polar surface area (TPSA) is 63.3 Å². The molecule has 1 heterocycles. The van der Waals surface area contributed by atoms with Crippen LogP contribution in [-0.2, 0) is 10.2 Å². The molecule has 0 aliphatic heterocycles. The van der Waals surface area contributed by atoms with E-state index in [1.807, 2.05) is 0 Å². The van der Waals surface area contributed by atoms with Crippen LogP contribution in [0.3, 0.4) is 0 Å². The van der Waals surface area contributed by atoms with Crippen LogP contribution in [0, 0.1) is 6.92 Å². The number of carbonyl (C=O) groups is 1. The molecule has 0 radical (unpaired) electrons. The van der Waals surface area contributed by atoms with Crippen LogP contribution >= 0.6 is 0 Å². The van der Waals surface area contributed by atoms with Crippen molar-refractivity contribution in [1.82, 2.24) is 4.98 Å². The normalized spacial score (nSPS) is 19.5. The van der Waals surface area contributed by atoms with Crippen LogP contribution in [0.25, 0.3) is 0 Å². The summed E-state index contributed by atoms with van der Waals surface area (Å²) >= 11 is 0. The lowest BCUT2D eigenvalue weighted by Gasteiger charge is -2.35. The summed E-state index contributed by atoms with van der Waals surface area (Å²) in [6.45, 7) is 1.78. The van der Waals surface area contributed by atoms with Crippen molar-refractivity contribution >= 4 is 5.97 Å². The average Bonchev–Trinajstić information content (AvgIpc) is 2.34. The Morgan fingerprint density at radius 2 is 2.38 bits per heavy atom. The van der Waals surface area contributed by atoms with Crippen LogP contribution in [0.4, 0.5) is 0 Å². The Labute approximate surface area is 75.6 Å². The molecule has 4 nitrogen and oxygen atoms in total. The molecule has 1 fully saturated rings. The number of aromatic nitrogens is 1. The van der Waals surface area contributed by atoms with Gasteiger partial charge in [0.1, 0.15) is 11.2 Å². The molecule has 13 heavy (non-hydrogen) atoms. The van der Waals surface area contributed by atoms with Crippen LogP contribution in [0.5, 0.6) is 0 Å². The minimum atomic E-state index is -0.793. The van der Waals surface area contributed by atoms with Crippen molar-refractivity contribution in [3.8, 4) is 0 Å². The summed E-state index contributed by atoms with van der Waals surface area (Å²) < 4.78 is 5.14. The zero-order valence-electron chi connectivity index (χ0n) is 7.41. The molecule has 1 aromatic rings. The van der Waals surface area contributed by atoms with E-state index in [9.17, 15) is 4.79 Å². The van der Waals surface area contributed by atoms with Gasteiger partial charge in [-0.3, -0.25) is 4.79 Å². The maximum absolute atomic E-state index is 11.1. The lowest BCUT2D eigenvalue weighted by atomic mass is 9.67. The van der Waals surface area contributed by atoms with Gasteiger partial charge >= 0.3 is 5.97 Å². The van der Waals surface area contributed by atoms with Crippen molar-refractivity contribution < 1.29 is 14.3 Å². The minimum absolute atomic E-state index is 0.534. The lowest BCUT2D eigenvalue weighted by Crippen LogP contribution is -2.42. The summed E-state index contributed by atoms with van der Waals surface area (Å²) in [5, 5.41) is 9.09. The number of hydrogen-bond donors (Lipinski definition) is 1. The van der Waals surface area contributed by atoms with Crippen LogP contribution in [0.15, 0.2) is 10.8 Å². The smallest absolute Gasteiger partial charge is 0.317 e. The van der Waals surface area contributed by atoms with Gasteiger partial charge < -0.3 is 9.52 Å². The Balaban J connectivity index is 2.43. The molecule has 1 aliphatic carbocycles. The standard InChI is InChI=1S/C9H11NO3/c1-6-7(13-5-10-6)9(8(11)12)3-2-4-9/h5H,2-4H2,1H3,(H,11,12). The number of nitrogens with zero attached hydrogens (tertiary/aromatic N) is 1. The second kappa shape index (κ2) is 2.58. The first kappa shape index (κ1) is 8.29. The van der Waals surface area contributed by atoms with E-state index in [2.05, 4.69) is 4.98 Å². The molecule has 1 saturated carbocycles. The van der Waals surface area contributed by atoms with Gasteiger partial charge in [-0.2, -0.15) is 0 Å². The third kappa shape index (κ3) is 0.978. The van der Waals surface area contributed by atoms with Crippen molar-refractivity contribution in [2.45, 2.75) is 31.6 Å². The fraction of sp³-hybridized carbons (Fsp3) is 0.556. The van der Waals surface area contributed by atoms with Gasteiger partial charge in [-0.05, 0) is 19.8 Å². The van der Waals surface area contributed by atoms with Gasteiger partial charge in [-0.15, -0.1) is 0 Å². The van der Waals surface area contributed by atoms with Crippen molar-refractivity contribution in [1.29, 1.82) is 0 Å². The number of hydrogen-bond acceptors (Lipinski definition) is 3. The molecular weight excluding hydrogens is 170 g/mol. The summed E-state index contributed by atoms with van der Waals surface area (Å²) in [4.78, 5) is 15.0. The maximum atomic E-state index is 11.1. The molecule has 0 bridgehead atoms. The van der Waals surface area contributed by atoms with Gasteiger partial charge in [-0.1, -0.05) is 6.42 Å².